The molecule has 4 heteroatoms. The number of hydrogen-bond acceptors (Lipinski definition) is 3. The molecule has 0 amide bonds. The van der Waals surface area contributed by atoms with Gasteiger partial charge in [-0.1, -0.05) is 19.4 Å². The van der Waals surface area contributed by atoms with E-state index in [-0.39, 0.29) is 5.82 Å². The summed E-state index contributed by atoms with van der Waals surface area (Å²) in [4.78, 5) is 0. The summed E-state index contributed by atoms with van der Waals surface area (Å²) >= 11 is 1.60. The van der Waals surface area contributed by atoms with Crippen LogP contribution in [-0.2, 0) is 4.74 Å². The van der Waals surface area contributed by atoms with Gasteiger partial charge in [0.15, 0.2) is 0 Å². The van der Waals surface area contributed by atoms with Crippen molar-refractivity contribution in [3.05, 3.63) is 59.2 Å². The van der Waals surface area contributed by atoms with Crippen LogP contribution in [0.4, 0.5) is 4.39 Å². The highest BCUT2D eigenvalue weighted by molar-refractivity contribution is 7.17. The number of hydrogen-bond donors (Lipinski definition) is 0. The normalized spacial score (nSPS) is 11.8. The van der Waals surface area contributed by atoms with Gasteiger partial charge >= 0.3 is 0 Å². The third-order valence-electron chi connectivity index (χ3n) is 4.16. The van der Waals surface area contributed by atoms with Crippen molar-refractivity contribution in [2.45, 2.75) is 19.8 Å². The summed E-state index contributed by atoms with van der Waals surface area (Å²) in [6, 6.07) is 11.1. The number of methoxy groups -OCH3 is 2. The number of allylic oxidation sites excluding steroid dienone is 1. The minimum Gasteiger partial charge on any atom is -0.496 e. The number of thiophene rings is 1. The fraction of sp³-hybridized carbons (Fsp3) is 0.238. The van der Waals surface area contributed by atoms with Crippen molar-refractivity contribution >= 4 is 27.2 Å². The number of rotatable bonds is 6. The van der Waals surface area contributed by atoms with Crippen molar-refractivity contribution in [1.82, 2.24) is 0 Å². The Hall–Kier alpha value is -2.33. The van der Waals surface area contributed by atoms with Crippen LogP contribution in [0.3, 0.4) is 0 Å². The van der Waals surface area contributed by atoms with Gasteiger partial charge in [0.25, 0.3) is 0 Å². The van der Waals surface area contributed by atoms with Crippen LogP contribution in [0.1, 0.15) is 25.3 Å². The first kappa shape index (κ1) is 17.5. The molecule has 130 valence electrons. The lowest BCUT2D eigenvalue weighted by Crippen LogP contribution is -1.91. The molecule has 0 saturated carbocycles. The summed E-state index contributed by atoms with van der Waals surface area (Å²) < 4.78 is 26.5. The standard InChI is InChI=1S/C21H21FO2S/c1-4-5-8-18(23-2)14-10-11-20-15(12-14)16(13-25-20)21-17(22)7-6-9-19(21)24-3/h6-13H,4-5H2,1-3H3/b18-8+. The highest BCUT2D eigenvalue weighted by atomic mass is 32.1. The SMILES string of the molecule is CCC/C=C(/OC)c1ccc2scc(-c3c(F)cccc3OC)c2c1. The Morgan fingerprint density at radius 1 is 1.20 bits per heavy atom. The second-order valence-corrected chi connectivity index (χ2v) is 6.65. The first-order valence-corrected chi connectivity index (χ1v) is 9.16. The Bertz CT molecular complexity index is 911. The van der Waals surface area contributed by atoms with Crippen LogP contribution in [0.25, 0.3) is 27.0 Å². The second kappa shape index (κ2) is 7.70. The van der Waals surface area contributed by atoms with Gasteiger partial charge in [0.1, 0.15) is 17.3 Å². The molecule has 25 heavy (non-hydrogen) atoms. The molecule has 1 aromatic heterocycles. The van der Waals surface area contributed by atoms with Crippen LogP contribution in [-0.4, -0.2) is 14.2 Å². The third-order valence-corrected chi connectivity index (χ3v) is 5.12. The predicted molar refractivity (Wildman–Crippen MR) is 104 cm³/mol. The van der Waals surface area contributed by atoms with E-state index in [2.05, 4.69) is 25.1 Å². The molecule has 2 nitrogen and oxygen atoms in total. The van der Waals surface area contributed by atoms with E-state index >= 15 is 0 Å². The summed E-state index contributed by atoms with van der Waals surface area (Å²) in [5, 5.41) is 2.99. The van der Waals surface area contributed by atoms with Crippen molar-refractivity contribution in [1.29, 1.82) is 0 Å². The Kier molecular flexibility index (Phi) is 5.39. The van der Waals surface area contributed by atoms with Crippen molar-refractivity contribution in [3.8, 4) is 16.9 Å². The maximum Gasteiger partial charge on any atom is 0.134 e. The molecule has 2 aromatic carbocycles. The van der Waals surface area contributed by atoms with E-state index in [0.29, 0.717) is 11.3 Å². The van der Waals surface area contributed by atoms with Gasteiger partial charge < -0.3 is 9.47 Å². The fourth-order valence-electron chi connectivity index (χ4n) is 2.91. The quantitative estimate of drug-likeness (QED) is 0.469. The Balaban J connectivity index is 2.17. The topological polar surface area (TPSA) is 18.5 Å². The van der Waals surface area contributed by atoms with Gasteiger partial charge in [0.05, 0.1) is 19.8 Å². The lowest BCUT2D eigenvalue weighted by Gasteiger charge is -2.10. The predicted octanol–water partition coefficient (Wildman–Crippen LogP) is 6.50. The summed E-state index contributed by atoms with van der Waals surface area (Å²) in [5.74, 6) is 1.11. The van der Waals surface area contributed by atoms with Crippen LogP contribution in [0.15, 0.2) is 47.9 Å². The molecule has 0 atom stereocenters. The Morgan fingerprint density at radius 2 is 2.04 bits per heavy atom. The van der Waals surface area contributed by atoms with E-state index in [1.54, 1.807) is 37.7 Å². The van der Waals surface area contributed by atoms with Gasteiger partial charge in [-0.25, -0.2) is 4.39 Å². The summed E-state index contributed by atoms with van der Waals surface area (Å²) in [6.45, 7) is 2.13. The minimum atomic E-state index is -0.280. The summed E-state index contributed by atoms with van der Waals surface area (Å²) in [5.41, 5.74) is 2.35. The molecular formula is C21H21FO2S. The second-order valence-electron chi connectivity index (χ2n) is 5.74. The van der Waals surface area contributed by atoms with E-state index in [1.165, 1.54) is 6.07 Å². The van der Waals surface area contributed by atoms with E-state index in [4.69, 9.17) is 9.47 Å². The molecule has 0 aliphatic carbocycles. The van der Waals surface area contributed by atoms with E-state index in [9.17, 15) is 4.39 Å². The molecule has 1 heterocycles. The largest absolute Gasteiger partial charge is 0.496 e. The van der Waals surface area contributed by atoms with Crippen LogP contribution < -0.4 is 4.74 Å². The number of benzene rings is 2. The van der Waals surface area contributed by atoms with E-state index < -0.39 is 0 Å². The third kappa shape index (κ3) is 3.40. The summed E-state index contributed by atoms with van der Waals surface area (Å²) in [6.07, 6.45) is 4.11. The van der Waals surface area contributed by atoms with Gasteiger partial charge in [-0.15, -0.1) is 11.3 Å². The zero-order valence-corrected chi connectivity index (χ0v) is 15.5. The maximum atomic E-state index is 14.5. The molecule has 0 spiro atoms. The van der Waals surface area contributed by atoms with E-state index in [0.717, 1.165) is 39.8 Å². The lowest BCUT2D eigenvalue weighted by molar-refractivity contribution is 0.368. The number of unbranched alkanes of at least 4 members (excludes halogenated alkanes) is 1. The molecule has 0 N–H and O–H groups in total. The zero-order chi connectivity index (χ0) is 17.8. The first-order valence-electron chi connectivity index (χ1n) is 8.28. The molecule has 3 aromatic rings. The van der Waals surface area contributed by atoms with Gasteiger partial charge in [-0.2, -0.15) is 0 Å². The molecule has 0 aliphatic heterocycles. The molecule has 0 unspecified atom stereocenters. The van der Waals surface area contributed by atoms with Crippen molar-refractivity contribution < 1.29 is 13.9 Å². The molecule has 0 fully saturated rings. The average Bonchev–Trinajstić information content (AvgIpc) is 3.05. The van der Waals surface area contributed by atoms with Crippen LogP contribution in [0, 0.1) is 5.82 Å². The zero-order valence-electron chi connectivity index (χ0n) is 14.6. The first-order chi connectivity index (χ1) is 12.2. The van der Waals surface area contributed by atoms with Crippen molar-refractivity contribution in [2.24, 2.45) is 0 Å². The van der Waals surface area contributed by atoms with Gasteiger partial charge in [0.2, 0.25) is 0 Å². The van der Waals surface area contributed by atoms with Gasteiger partial charge in [0, 0.05) is 26.6 Å². The fourth-order valence-corrected chi connectivity index (χ4v) is 3.84. The maximum absolute atomic E-state index is 14.5. The number of fused-ring (bicyclic) bond motifs is 1. The highest BCUT2D eigenvalue weighted by Crippen LogP contribution is 2.41. The van der Waals surface area contributed by atoms with Gasteiger partial charge in [-0.3, -0.25) is 0 Å². The van der Waals surface area contributed by atoms with Crippen LogP contribution in [0.5, 0.6) is 5.75 Å². The number of ether oxygens (including phenoxy) is 2. The number of halogens is 1. The van der Waals surface area contributed by atoms with Crippen LogP contribution >= 0.6 is 11.3 Å². The molecular weight excluding hydrogens is 335 g/mol. The molecule has 0 aliphatic rings. The van der Waals surface area contributed by atoms with Crippen LogP contribution in [0.2, 0.25) is 0 Å². The Labute approximate surface area is 151 Å². The highest BCUT2D eigenvalue weighted by Gasteiger charge is 2.16. The van der Waals surface area contributed by atoms with Gasteiger partial charge in [-0.05, 0) is 42.8 Å². The van der Waals surface area contributed by atoms with Crippen molar-refractivity contribution in [2.75, 3.05) is 14.2 Å². The van der Waals surface area contributed by atoms with E-state index in [1.807, 2.05) is 11.4 Å². The lowest BCUT2D eigenvalue weighted by atomic mass is 10.0. The summed E-state index contributed by atoms with van der Waals surface area (Å²) in [7, 11) is 3.24. The molecule has 0 radical (unpaired) electrons. The minimum absolute atomic E-state index is 0.280. The van der Waals surface area contributed by atoms with Crippen molar-refractivity contribution in [3.63, 3.8) is 0 Å². The average molecular weight is 356 g/mol. The molecule has 0 bridgehead atoms. The smallest absolute Gasteiger partial charge is 0.134 e. The molecule has 0 saturated heterocycles. The Morgan fingerprint density at radius 3 is 2.76 bits per heavy atom. The monoisotopic (exact) mass is 356 g/mol. The molecule has 3 rings (SSSR count).